The van der Waals surface area contributed by atoms with Gasteiger partial charge in [-0.3, -0.25) is 9.59 Å². The van der Waals surface area contributed by atoms with Crippen LogP contribution in [0.2, 0.25) is 0 Å². The molecule has 0 bridgehead atoms. The third-order valence-electron chi connectivity index (χ3n) is 4.41. The molecule has 0 aliphatic heterocycles. The molecule has 7 heteroatoms. The number of benzene rings is 2. The summed E-state index contributed by atoms with van der Waals surface area (Å²) in [6.07, 6.45) is 0. The maximum absolute atomic E-state index is 12.6. The van der Waals surface area contributed by atoms with Gasteiger partial charge in [0.05, 0.1) is 19.7 Å². The monoisotopic (exact) mass is 368 g/mol. The lowest BCUT2D eigenvalue weighted by atomic mass is 10.1. The van der Waals surface area contributed by atoms with Gasteiger partial charge in [0.25, 0.3) is 11.5 Å². The average Bonchev–Trinajstić information content (AvgIpc) is 2.70. The van der Waals surface area contributed by atoms with Crippen LogP contribution in [0.3, 0.4) is 0 Å². The van der Waals surface area contributed by atoms with Crippen LogP contribution in [-0.2, 0) is 13.6 Å². The highest BCUT2D eigenvalue weighted by Crippen LogP contribution is 2.29. The SMILES string of the molecule is COc1ccc(CNC(=O)c2c(O)c3cc(OC)ccc3n(C)c2=O)cc1. The van der Waals surface area contributed by atoms with E-state index >= 15 is 0 Å². The lowest BCUT2D eigenvalue weighted by Crippen LogP contribution is -2.32. The first-order valence-corrected chi connectivity index (χ1v) is 8.27. The van der Waals surface area contributed by atoms with Crippen molar-refractivity contribution in [1.29, 1.82) is 0 Å². The van der Waals surface area contributed by atoms with Gasteiger partial charge in [0.1, 0.15) is 22.8 Å². The molecule has 0 saturated carbocycles. The fourth-order valence-corrected chi connectivity index (χ4v) is 2.86. The summed E-state index contributed by atoms with van der Waals surface area (Å²) in [6, 6.07) is 12.1. The molecule has 0 radical (unpaired) electrons. The highest BCUT2D eigenvalue weighted by atomic mass is 16.5. The van der Waals surface area contributed by atoms with E-state index in [2.05, 4.69) is 5.32 Å². The number of carbonyl (C=O) groups excluding carboxylic acids is 1. The first-order chi connectivity index (χ1) is 13.0. The molecule has 7 nitrogen and oxygen atoms in total. The van der Waals surface area contributed by atoms with Crippen molar-refractivity contribution in [3.63, 3.8) is 0 Å². The first-order valence-electron chi connectivity index (χ1n) is 8.27. The van der Waals surface area contributed by atoms with Crippen LogP contribution in [0.1, 0.15) is 15.9 Å². The van der Waals surface area contributed by atoms with E-state index < -0.39 is 11.5 Å². The second kappa shape index (κ2) is 7.41. The number of hydrogen-bond acceptors (Lipinski definition) is 5. The van der Waals surface area contributed by atoms with Crippen molar-refractivity contribution in [3.8, 4) is 17.2 Å². The standard InChI is InChI=1S/C20H20N2O5/c1-22-16-9-8-14(27-3)10-15(16)18(23)17(20(22)25)19(24)21-11-12-4-6-13(26-2)7-5-12/h4-10,23H,11H2,1-3H3,(H,21,24). The van der Waals surface area contributed by atoms with Crippen LogP contribution < -0.4 is 20.3 Å². The van der Waals surface area contributed by atoms with Crippen LogP contribution in [0.5, 0.6) is 17.2 Å². The number of nitrogens with one attached hydrogen (secondary N) is 1. The molecule has 2 N–H and O–H groups in total. The number of aromatic hydroxyl groups is 1. The fourth-order valence-electron chi connectivity index (χ4n) is 2.86. The lowest BCUT2D eigenvalue weighted by molar-refractivity contribution is 0.0946. The van der Waals surface area contributed by atoms with Crippen molar-refractivity contribution in [2.75, 3.05) is 14.2 Å². The van der Waals surface area contributed by atoms with Crippen molar-refractivity contribution >= 4 is 16.8 Å². The zero-order valence-electron chi connectivity index (χ0n) is 15.3. The van der Waals surface area contributed by atoms with E-state index in [1.54, 1.807) is 44.5 Å². The summed E-state index contributed by atoms with van der Waals surface area (Å²) < 4.78 is 11.6. The summed E-state index contributed by atoms with van der Waals surface area (Å²) in [5.74, 6) is 0.217. The zero-order chi connectivity index (χ0) is 19.6. The van der Waals surface area contributed by atoms with Crippen LogP contribution in [0, 0.1) is 0 Å². The lowest BCUT2D eigenvalue weighted by Gasteiger charge is -2.13. The molecular weight excluding hydrogens is 348 g/mol. The molecular formula is C20H20N2O5. The van der Waals surface area contributed by atoms with E-state index in [0.717, 1.165) is 5.56 Å². The summed E-state index contributed by atoms with van der Waals surface area (Å²) in [5.41, 5.74) is 0.470. The molecule has 140 valence electrons. The molecule has 3 rings (SSSR count). The summed E-state index contributed by atoms with van der Waals surface area (Å²) in [6.45, 7) is 0.210. The van der Waals surface area contributed by atoms with E-state index in [0.29, 0.717) is 22.4 Å². The number of carbonyl (C=O) groups is 1. The molecule has 0 aliphatic rings. The molecule has 2 aromatic carbocycles. The number of rotatable bonds is 5. The van der Waals surface area contributed by atoms with Gasteiger partial charge in [0.15, 0.2) is 0 Å². The van der Waals surface area contributed by atoms with Crippen molar-refractivity contribution in [3.05, 3.63) is 63.9 Å². The molecule has 0 atom stereocenters. The molecule has 1 aromatic heterocycles. The minimum atomic E-state index is -0.645. The Kier molecular flexibility index (Phi) is 5.03. The molecule has 0 unspecified atom stereocenters. The summed E-state index contributed by atoms with van der Waals surface area (Å²) in [4.78, 5) is 25.2. The average molecular weight is 368 g/mol. The number of fused-ring (bicyclic) bond motifs is 1. The molecule has 1 heterocycles. The Morgan fingerprint density at radius 3 is 2.33 bits per heavy atom. The van der Waals surface area contributed by atoms with E-state index in [1.807, 2.05) is 12.1 Å². The van der Waals surface area contributed by atoms with Gasteiger partial charge in [-0.05, 0) is 35.9 Å². The number of hydrogen-bond donors (Lipinski definition) is 2. The molecule has 0 aliphatic carbocycles. The summed E-state index contributed by atoms with van der Waals surface area (Å²) in [7, 11) is 4.63. The zero-order valence-corrected chi connectivity index (χ0v) is 15.3. The van der Waals surface area contributed by atoms with Gasteiger partial charge in [-0.15, -0.1) is 0 Å². The second-order valence-corrected chi connectivity index (χ2v) is 6.00. The van der Waals surface area contributed by atoms with Gasteiger partial charge < -0.3 is 24.5 Å². The molecule has 3 aromatic rings. The summed E-state index contributed by atoms with van der Waals surface area (Å²) >= 11 is 0. The normalized spacial score (nSPS) is 10.6. The largest absolute Gasteiger partial charge is 0.506 e. The number of pyridine rings is 1. The van der Waals surface area contributed by atoms with Gasteiger partial charge in [-0.2, -0.15) is 0 Å². The number of ether oxygens (including phenoxy) is 2. The molecule has 0 saturated heterocycles. The quantitative estimate of drug-likeness (QED) is 0.721. The minimum Gasteiger partial charge on any atom is -0.506 e. The number of aromatic nitrogens is 1. The van der Waals surface area contributed by atoms with Crippen molar-refractivity contribution < 1.29 is 19.4 Å². The number of nitrogens with zero attached hydrogens (tertiary/aromatic N) is 1. The Morgan fingerprint density at radius 1 is 1.07 bits per heavy atom. The Balaban J connectivity index is 1.94. The van der Waals surface area contributed by atoms with Crippen LogP contribution in [-0.4, -0.2) is 29.8 Å². The second-order valence-electron chi connectivity index (χ2n) is 6.00. The van der Waals surface area contributed by atoms with Crippen LogP contribution in [0.15, 0.2) is 47.3 Å². The summed E-state index contributed by atoms with van der Waals surface area (Å²) in [5, 5.41) is 13.6. The highest BCUT2D eigenvalue weighted by Gasteiger charge is 2.21. The minimum absolute atomic E-state index is 0.210. The van der Waals surface area contributed by atoms with E-state index in [4.69, 9.17) is 9.47 Å². The Morgan fingerprint density at radius 2 is 1.70 bits per heavy atom. The van der Waals surface area contributed by atoms with Crippen LogP contribution in [0.4, 0.5) is 0 Å². The van der Waals surface area contributed by atoms with Crippen LogP contribution in [0.25, 0.3) is 10.9 Å². The molecule has 0 spiro atoms. The van der Waals surface area contributed by atoms with Gasteiger partial charge in [-0.1, -0.05) is 12.1 Å². The predicted molar refractivity (Wildman–Crippen MR) is 102 cm³/mol. The van der Waals surface area contributed by atoms with Crippen LogP contribution >= 0.6 is 0 Å². The maximum atomic E-state index is 12.6. The third-order valence-corrected chi connectivity index (χ3v) is 4.41. The van der Waals surface area contributed by atoms with Gasteiger partial charge in [-0.25, -0.2) is 0 Å². The number of amides is 1. The molecule has 0 fully saturated rings. The van der Waals surface area contributed by atoms with Gasteiger partial charge in [0.2, 0.25) is 0 Å². The smallest absolute Gasteiger partial charge is 0.267 e. The third kappa shape index (κ3) is 3.44. The first kappa shape index (κ1) is 18.3. The topological polar surface area (TPSA) is 89.8 Å². The van der Waals surface area contributed by atoms with E-state index in [1.165, 1.54) is 11.7 Å². The Hall–Kier alpha value is -3.48. The molecule has 1 amide bonds. The number of aryl methyl sites for hydroxylation is 1. The number of methoxy groups -OCH3 is 2. The van der Waals surface area contributed by atoms with Crippen molar-refractivity contribution in [2.45, 2.75) is 6.54 Å². The Labute approximate surface area is 155 Å². The van der Waals surface area contributed by atoms with E-state index in [-0.39, 0.29) is 17.9 Å². The Bertz CT molecular complexity index is 1050. The van der Waals surface area contributed by atoms with Gasteiger partial charge >= 0.3 is 0 Å². The highest BCUT2D eigenvalue weighted by molar-refractivity contribution is 6.02. The van der Waals surface area contributed by atoms with E-state index in [9.17, 15) is 14.7 Å². The van der Waals surface area contributed by atoms with Crippen molar-refractivity contribution in [1.82, 2.24) is 9.88 Å². The van der Waals surface area contributed by atoms with Crippen molar-refractivity contribution in [2.24, 2.45) is 7.05 Å². The predicted octanol–water partition coefficient (Wildman–Crippen LogP) is 2.19. The maximum Gasteiger partial charge on any atom is 0.267 e. The molecule has 27 heavy (non-hydrogen) atoms. The van der Waals surface area contributed by atoms with Gasteiger partial charge in [0, 0.05) is 19.0 Å². The fraction of sp³-hybridized carbons (Fsp3) is 0.200.